The second-order valence-electron chi connectivity index (χ2n) is 7.95. The molecule has 148 valence electrons. The molecule has 26 heavy (non-hydrogen) atoms. The van der Waals surface area contributed by atoms with Gasteiger partial charge < -0.3 is 15.1 Å². The molecule has 0 aromatic heterocycles. The summed E-state index contributed by atoms with van der Waals surface area (Å²) < 4.78 is 0. The fourth-order valence-corrected chi connectivity index (χ4v) is 4.30. The van der Waals surface area contributed by atoms with E-state index >= 15 is 0 Å². The summed E-state index contributed by atoms with van der Waals surface area (Å²) in [4.78, 5) is 42.8. The molecule has 1 saturated heterocycles. The van der Waals surface area contributed by atoms with Crippen LogP contribution in [0.15, 0.2) is 0 Å². The highest BCUT2D eigenvalue weighted by Gasteiger charge is 2.41. The smallest absolute Gasteiger partial charge is 0.324 e. The zero-order chi connectivity index (χ0) is 19.3. The third kappa shape index (κ3) is 5.27. The molecule has 0 unspecified atom stereocenters. The van der Waals surface area contributed by atoms with Crippen LogP contribution in [0.1, 0.15) is 39.0 Å². The molecular weight excluding hydrogens is 332 g/mol. The first-order valence-electron chi connectivity index (χ1n) is 9.79. The third-order valence-corrected chi connectivity index (χ3v) is 5.65. The van der Waals surface area contributed by atoms with Crippen LogP contribution in [0.25, 0.3) is 0 Å². The fraction of sp³-hybridized carbons (Fsp3) is 0.842. The number of amides is 3. The van der Waals surface area contributed by atoms with Gasteiger partial charge in [0.25, 0.3) is 0 Å². The van der Waals surface area contributed by atoms with Gasteiger partial charge in [0.2, 0.25) is 5.91 Å². The van der Waals surface area contributed by atoms with Gasteiger partial charge in [-0.15, -0.1) is 0 Å². The molecular formula is C19H34N4O3. The maximum atomic E-state index is 13.0. The molecule has 2 fully saturated rings. The fourth-order valence-electron chi connectivity index (χ4n) is 4.30. The maximum Gasteiger partial charge on any atom is 0.324 e. The first-order chi connectivity index (χ1) is 12.3. The number of urea groups is 1. The van der Waals surface area contributed by atoms with Gasteiger partial charge in [-0.05, 0) is 59.8 Å². The van der Waals surface area contributed by atoms with Crippen LogP contribution in [0.3, 0.4) is 0 Å². The van der Waals surface area contributed by atoms with E-state index in [2.05, 4.69) is 15.1 Å². The number of carbonyl (C=O) groups excluding carboxylic acids is 3. The van der Waals surface area contributed by atoms with E-state index in [0.717, 1.165) is 19.4 Å². The number of hydrogen-bond donors (Lipinski definition) is 1. The zero-order valence-corrected chi connectivity index (χ0v) is 16.7. The van der Waals surface area contributed by atoms with Gasteiger partial charge in [-0.3, -0.25) is 14.5 Å². The van der Waals surface area contributed by atoms with Crippen molar-refractivity contribution in [3.8, 4) is 0 Å². The summed E-state index contributed by atoms with van der Waals surface area (Å²) in [7, 11) is 6.02. The number of nitrogens with one attached hydrogen (secondary N) is 1. The average molecular weight is 367 g/mol. The van der Waals surface area contributed by atoms with Crippen molar-refractivity contribution in [2.24, 2.45) is 11.8 Å². The van der Waals surface area contributed by atoms with Gasteiger partial charge in [-0.1, -0.05) is 0 Å². The summed E-state index contributed by atoms with van der Waals surface area (Å²) >= 11 is 0. The lowest BCUT2D eigenvalue weighted by Gasteiger charge is -2.45. The van der Waals surface area contributed by atoms with Crippen LogP contribution in [0.2, 0.25) is 0 Å². The monoisotopic (exact) mass is 366 g/mol. The number of fused-ring (bicyclic) bond motifs is 1. The molecule has 0 radical (unpaired) electrons. The number of imide groups is 1. The van der Waals surface area contributed by atoms with Gasteiger partial charge in [0.1, 0.15) is 5.78 Å². The van der Waals surface area contributed by atoms with E-state index in [-0.39, 0.29) is 23.8 Å². The van der Waals surface area contributed by atoms with Crippen LogP contribution >= 0.6 is 0 Å². The van der Waals surface area contributed by atoms with Crippen LogP contribution in [0.4, 0.5) is 4.79 Å². The predicted molar refractivity (Wildman–Crippen MR) is 101 cm³/mol. The number of rotatable bonds is 6. The molecule has 1 N–H and O–H groups in total. The molecule has 1 aliphatic carbocycles. The molecule has 1 aliphatic heterocycles. The number of nitrogens with zero attached hydrogens (tertiary/aromatic N) is 3. The van der Waals surface area contributed by atoms with Crippen LogP contribution in [0, 0.1) is 11.8 Å². The van der Waals surface area contributed by atoms with Crippen molar-refractivity contribution in [2.45, 2.75) is 45.1 Å². The van der Waals surface area contributed by atoms with Gasteiger partial charge in [-0.2, -0.15) is 0 Å². The van der Waals surface area contributed by atoms with E-state index in [1.54, 1.807) is 0 Å². The Kier molecular flexibility index (Phi) is 7.58. The number of likely N-dealkylation sites (tertiary alicyclic amines) is 1. The van der Waals surface area contributed by atoms with E-state index in [9.17, 15) is 14.4 Å². The molecule has 2 rings (SSSR count). The van der Waals surface area contributed by atoms with E-state index in [4.69, 9.17) is 0 Å². The van der Waals surface area contributed by atoms with Gasteiger partial charge in [0, 0.05) is 38.5 Å². The van der Waals surface area contributed by atoms with Crippen LogP contribution in [0.5, 0.6) is 0 Å². The minimum atomic E-state index is -0.305. The Balaban J connectivity index is 1.92. The number of piperidine rings is 1. The molecule has 0 bridgehead atoms. The number of Topliss-reactive ketones (excluding diaryl/α,β-unsaturated/α-hetero) is 1. The highest BCUT2D eigenvalue weighted by Crippen LogP contribution is 2.36. The van der Waals surface area contributed by atoms with E-state index in [0.29, 0.717) is 50.7 Å². The van der Waals surface area contributed by atoms with Crippen molar-refractivity contribution in [1.82, 2.24) is 20.0 Å². The molecule has 7 nitrogen and oxygen atoms in total. The molecule has 3 amide bonds. The summed E-state index contributed by atoms with van der Waals surface area (Å²) in [6.07, 6.45) is 3.68. The summed E-state index contributed by atoms with van der Waals surface area (Å²) in [5.41, 5.74) is 0. The van der Waals surface area contributed by atoms with E-state index in [1.165, 1.54) is 4.90 Å². The lowest BCUT2D eigenvalue weighted by molar-refractivity contribution is -0.138. The zero-order valence-electron chi connectivity index (χ0n) is 16.7. The standard InChI is InChI=1S/C19H34N4O3/c1-5-23(19(26)20-9-6-10-21(2)3)18(25)15-11-14-12-16(24)7-8-17(14)22(4)13-15/h14-15,17H,5-13H2,1-4H3,(H,20,26)/t14-,15-,17-/m1/s1. The SMILES string of the molecule is CCN(C(=O)NCCCN(C)C)C(=O)[C@@H]1C[C@@H]2CC(=O)CC[C@H]2N(C)C1. The highest BCUT2D eigenvalue weighted by molar-refractivity contribution is 5.95. The lowest BCUT2D eigenvalue weighted by Crippen LogP contribution is -2.55. The molecule has 1 saturated carbocycles. The first kappa shape index (κ1) is 20.8. The van der Waals surface area contributed by atoms with Gasteiger partial charge in [0.15, 0.2) is 0 Å². The Hall–Kier alpha value is -1.47. The first-order valence-corrected chi connectivity index (χ1v) is 9.79. The molecule has 0 aromatic carbocycles. The Morgan fingerprint density at radius 2 is 2.04 bits per heavy atom. The summed E-state index contributed by atoms with van der Waals surface area (Å²) in [6, 6.07) is 0.0902. The van der Waals surface area contributed by atoms with Gasteiger partial charge >= 0.3 is 6.03 Å². The molecule has 0 aromatic rings. The second kappa shape index (κ2) is 9.46. The number of ketones is 1. The van der Waals surface area contributed by atoms with Crippen molar-refractivity contribution in [1.29, 1.82) is 0 Å². The molecule has 3 atom stereocenters. The van der Waals surface area contributed by atoms with Crippen molar-refractivity contribution < 1.29 is 14.4 Å². The molecule has 0 spiro atoms. The molecule has 1 heterocycles. The highest BCUT2D eigenvalue weighted by atomic mass is 16.2. The second-order valence-corrected chi connectivity index (χ2v) is 7.95. The Morgan fingerprint density at radius 1 is 1.31 bits per heavy atom. The van der Waals surface area contributed by atoms with Gasteiger partial charge in [0.05, 0.1) is 5.92 Å². The van der Waals surface area contributed by atoms with E-state index < -0.39 is 0 Å². The summed E-state index contributed by atoms with van der Waals surface area (Å²) in [5.74, 6) is 0.227. The quantitative estimate of drug-likeness (QED) is 0.715. The van der Waals surface area contributed by atoms with Crippen LogP contribution in [-0.2, 0) is 9.59 Å². The van der Waals surface area contributed by atoms with Crippen molar-refractivity contribution in [3.05, 3.63) is 0 Å². The summed E-state index contributed by atoms with van der Waals surface area (Å²) in [5, 5.41) is 2.86. The number of carbonyl (C=O) groups is 3. The Bertz CT molecular complexity index is 523. The molecule has 7 heteroatoms. The Morgan fingerprint density at radius 3 is 2.69 bits per heavy atom. The van der Waals surface area contributed by atoms with Crippen molar-refractivity contribution >= 4 is 17.7 Å². The normalized spacial score (nSPS) is 26.5. The predicted octanol–water partition coefficient (Wildman–Crippen LogP) is 1.19. The lowest BCUT2D eigenvalue weighted by atomic mass is 9.74. The average Bonchev–Trinajstić information content (AvgIpc) is 2.58. The largest absolute Gasteiger partial charge is 0.338 e. The molecule has 2 aliphatic rings. The Labute approximate surface area is 157 Å². The van der Waals surface area contributed by atoms with Crippen molar-refractivity contribution in [3.63, 3.8) is 0 Å². The summed E-state index contributed by atoms with van der Waals surface area (Å²) in [6.45, 7) is 4.32. The van der Waals surface area contributed by atoms with Crippen molar-refractivity contribution in [2.75, 3.05) is 47.3 Å². The van der Waals surface area contributed by atoms with Crippen LogP contribution < -0.4 is 5.32 Å². The maximum absolute atomic E-state index is 13.0. The minimum Gasteiger partial charge on any atom is -0.338 e. The van der Waals surface area contributed by atoms with E-state index in [1.807, 2.05) is 28.1 Å². The minimum absolute atomic E-state index is 0.110. The van der Waals surface area contributed by atoms with Gasteiger partial charge in [-0.25, -0.2) is 4.79 Å². The third-order valence-electron chi connectivity index (χ3n) is 5.65. The van der Waals surface area contributed by atoms with Crippen LogP contribution in [-0.4, -0.2) is 85.8 Å². The topological polar surface area (TPSA) is 73.0 Å². The number of hydrogen-bond acceptors (Lipinski definition) is 5.